The number of hydrogen-bond acceptors (Lipinski definition) is 3. The van der Waals surface area contributed by atoms with Gasteiger partial charge in [-0.2, -0.15) is 0 Å². The summed E-state index contributed by atoms with van der Waals surface area (Å²) in [6, 6.07) is 6.13. The Morgan fingerprint density at radius 2 is 2.00 bits per heavy atom. The second-order valence-corrected chi connectivity index (χ2v) is 5.29. The number of amides is 1. The molecule has 0 aliphatic carbocycles. The van der Waals surface area contributed by atoms with Crippen molar-refractivity contribution in [2.75, 3.05) is 26.7 Å². The number of ether oxygens (including phenoxy) is 1. The summed E-state index contributed by atoms with van der Waals surface area (Å²) in [5.41, 5.74) is 2.28. The first-order valence-electron chi connectivity index (χ1n) is 7.19. The van der Waals surface area contributed by atoms with Gasteiger partial charge in [0.15, 0.2) is 6.61 Å². The average molecular weight is 315 g/mol. The first-order valence-corrected chi connectivity index (χ1v) is 7.19. The fourth-order valence-electron chi connectivity index (χ4n) is 1.93. The quantitative estimate of drug-likeness (QED) is 0.725. The lowest BCUT2D eigenvalue weighted by molar-refractivity contribution is -0.123. The molecule has 120 valence electrons. The highest BCUT2D eigenvalue weighted by Crippen LogP contribution is 2.27. The fourth-order valence-corrected chi connectivity index (χ4v) is 1.93. The number of carbonyl (C=O) groups is 1. The minimum atomic E-state index is -0.0719. The zero-order valence-corrected chi connectivity index (χ0v) is 14.2. The molecule has 0 unspecified atom stereocenters. The SMILES string of the molecule is CNCCCNC(=O)COc1cc(C)ccc1C(C)C.Cl. The van der Waals surface area contributed by atoms with Crippen LogP contribution in [-0.2, 0) is 4.79 Å². The molecule has 0 aliphatic heterocycles. The van der Waals surface area contributed by atoms with Gasteiger partial charge in [0.25, 0.3) is 5.91 Å². The maximum absolute atomic E-state index is 11.7. The monoisotopic (exact) mass is 314 g/mol. The van der Waals surface area contributed by atoms with E-state index in [9.17, 15) is 4.79 Å². The van der Waals surface area contributed by atoms with Gasteiger partial charge < -0.3 is 15.4 Å². The van der Waals surface area contributed by atoms with Crippen LogP contribution in [0, 0.1) is 6.92 Å². The van der Waals surface area contributed by atoms with Crippen LogP contribution in [0.3, 0.4) is 0 Å². The molecule has 1 aromatic rings. The molecule has 0 fully saturated rings. The van der Waals surface area contributed by atoms with Gasteiger partial charge in [0.1, 0.15) is 5.75 Å². The topological polar surface area (TPSA) is 50.4 Å². The predicted octanol–water partition coefficient (Wildman–Crippen LogP) is 2.64. The van der Waals surface area contributed by atoms with Gasteiger partial charge in [-0.3, -0.25) is 4.79 Å². The van der Waals surface area contributed by atoms with Crippen LogP contribution in [0.2, 0.25) is 0 Å². The minimum absolute atomic E-state index is 0. The van der Waals surface area contributed by atoms with Crippen LogP contribution in [0.15, 0.2) is 18.2 Å². The highest BCUT2D eigenvalue weighted by molar-refractivity contribution is 5.85. The number of hydrogen-bond donors (Lipinski definition) is 2. The first kappa shape index (κ1) is 19.7. The Bertz CT molecular complexity index is 436. The molecular formula is C16H27ClN2O2. The van der Waals surface area contributed by atoms with Crippen molar-refractivity contribution in [3.05, 3.63) is 29.3 Å². The summed E-state index contributed by atoms with van der Waals surface area (Å²) >= 11 is 0. The number of carbonyl (C=O) groups excluding carboxylic acids is 1. The smallest absolute Gasteiger partial charge is 0.257 e. The van der Waals surface area contributed by atoms with Crippen LogP contribution in [0.25, 0.3) is 0 Å². The highest BCUT2D eigenvalue weighted by atomic mass is 35.5. The Balaban J connectivity index is 0.00000400. The molecule has 5 heteroatoms. The summed E-state index contributed by atoms with van der Waals surface area (Å²) < 4.78 is 5.67. The van der Waals surface area contributed by atoms with E-state index in [0.717, 1.165) is 29.8 Å². The summed E-state index contributed by atoms with van der Waals surface area (Å²) in [4.78, 5) is 11.7. The van der Waals surface area contributed by atoms with Crippen molar-refractivity contribution in [3.63, 3.8) is 0 Å². The van der Waals surface area contributed by atoms with E-state index in [4.69, 9.17) is 4.74 Å². The van der Waals surface area contributed by atoms with Crippen molar-refractivity contribution in [2.45, 2.75) is 33.1 Å². The second-order valence-electron chi connectivity index (χ2n) is 5.29. The van der Waals surface area contributed by atoms with Crippen LogP contribution < -0.4 is 15.4 Å². The lowest BCUT2D eigenvalue weighted by Crippen LogP contribution is -2.31. The number of halogens is 1. The summed E-state index contributed by atoms with van der Waals surface area (Å²) in [7, 11) is 1.90. The molecule has 1 rings (SSSR count). The maximum atomic E-state index is 11.7. The van der Waals surface area contributed by atoms with E-state index < -0.39 is 0 Å². The Kier molecular flexibility index (Phi) is 9.84. The molecule has 0 saturated carbocycles. The van der Waals surface area contributed by atoms with Gasteiger partial charge in [-0.25, -0.2) is 0 Å². The molecule has 0 heterocycles. The molecule has 4 nitrogen and oxygen atoms in total. The van der Waals surface area contributed by atoms with E-state index in [-0.39, 0.29) is 24.9 Å². The van der Waals surface area contributed by atoms with E-state index in [1.165, 1.54) is 0 Å². The third kappa shape index (κ3) is 7.34. The summed E-state index contributed by atoms with van der Waals surface area (Å²) in [5, 5.41) is 5.89. The molecule has 21 heavy (non-hydrogen) atoms. The summed E-state index contributed by atoms with van der Waals surface area (Å²) in [6.07, 6.45) is 0.921. The van der Waals surface area contributed by atoms with E-state index in [1.54, 1.807) is 0 Å². The molecule has 0 aliphatic rings. The van der Waals surface area contributed by atoms with E-state index in [0.29, 0.717) is 12.5 Å². The van der Waals surface area contributed by atoms with Crippen molar-refractivity contribution >= 4 is 18.3 Å². The van der Waals surface area contributed by atoms with Crippen LogP contribution in [-0.4, -0.2) is 32.7 Å². The Labute approximate surface area is 134 Å². The van der Waals surface area contributed by atoms with Crippen molar-refractivity contribution in [3.8, 4) is 5.75 Å². The molecular weight excluding hydrogens is 288 g/mol. The van der Waals surface area contributed by atoms with Crippen LogP contribution >= 0.6 is 12.4 Å². The minimum Gasteiger partial charge on any atom is -0.483 e. The lowest BCUT2D eigenvalue weighted by atomic mass is 10.0. The average Bonchev–Trinajstić information content (AvgIpc) is 2.41. The molecule has 0 radical (unpaired) electrons. The number of benzene rings is 1. The molecule has 0 saturated heterocycles. The predicted molar refractivity (Wildman–Crippen MR) is 89.6 cm³/mol. The third-order valence-corrected chi connectivity index (χ3v) is 3.08. The summed E-state index contributed by atoms with van der Waals surface area (Å²) in [6.45, 7) is 7.91. The first-order chi connectivity index (χ1) is 9.54. The van der Waals surface area contributed by atoms with Crippen LogP contribution in [0.4, 0.5) is 0 Å². The molecule has 1 aromatic carbocycles. The van der Waals surface area contributed by atoms with Gasteiger partial charge in [-0.05, 0) is 50.0 Å². The molecule has 1 amide bonds. The fraction of sp³-hybridized carbons (Fsp3) is 0.562. The number of aryl methyl sites for hydroxylation is 1. The maximum Gasteiger partial charge on any atom is 0.257 e. The molecule has 0 atom stereocenters. The van der Waals surface area contributed by atoms with Gasteiger partial charge in [0.05, 0.1) is 0 Å². The second kappa shape index (κ2) is 10.5. The highest BCUT2D eigenvalue weighted by Gasteiger charge is 2.09. The van der Waals surface area contributed by atoms with E-state index in [2.05, 4.69) is 36.6 Å². The van der Waals surface area contributed by atoms with Gasteiger partial charge in [-0.1, -0.05) is 26.0 Å². The molecule has 0 bridgehead atoms. The largest absolute Gasteiger partial charge is 0.483 e. The Morgan fingerprint density at radius 1 is 1.29 bits per heavy atom. The summed E-state index contributed by atoms with van der Waals surface area (Å²) in [5.74, 6) is 1.12. The standard InChI is InChI=1S/C16H26N2O2.ClH/c1-12(2)14-7-6-13(3)10-15(14)20-11-16(19)18-9-5-8-17-4;/h6-7,10,12,17H,5,8-9,11H2,1-4H3,(H,18,19);1H. The Hall–Kier alpha value is -1.26. The third-order valence-electron chi connectivity index (χ3n) is 3.08. The van der Waals surface area contributed by atoms with Crippen molar-refractivity contribution < 1.29 is 9.53 Å². The number of rotatable bonds is 8. The molecule has 2 N–H and O–H groups in total. The van der Waals surface area contributed by atoms with Crippen molar-refractivity contribution in [1.29, 1.82) is 0 Å². The normalized spacial score (nSPS) is 10.1. The molecule has 0 spiro atoms. The molecule has 0 aromatic heterocycles. The van der Waals surface area contributed by atoms with Crippen molar-refractivity contribution in [1.82, 2.24) is 10.6 Å². The number of nitrogens with one attached hydrogen (secondary N) is 2. The van der Waals surface area contributed by atoms with Crippen LogP contribution in [0.5, 0.6) is 5.75 Å². The lowest BCUT2D eigenvalue weighted by Gasteiger charge is -2.14. The van der Waals surface area contributed by atoms with E-state index >= 15 is 0 Å². The van der Waals surface area contributed by atoms with Gasteiger partial charge in [0, 0.05) is 6.54 Å². The van der Waals surface area contributed by atoms with Gasteiger partial charge >= 0.3 is 0 Å². The zero-order chi connectivity index (χ0) is 15.0. The van der Waals surface area contributed by atoms with Gasteiger partial charge in [0.2, 0.25) is 0 Å². The van der Waals surface area contributed by atoms with Crippen molar-refractivity contribution in [2.24, 2.45) is 0 Å². The zero-order valence-electron chi connectivity index (χ0n) is 13.4. The van der Waals surface area contributed by atoms with Crippen LogP contribution in [0.1, 0.15) is 37.3 Å². The Morgan fingerprint density at radius 3 is 2.62 bits per heavy atom. The van der Waals surface area contributed by atoms with E-state index in [1.807, 2.05) is 20.0 Å². The van der Waals surface area contributed by atoms with Gasteiger partial charge in [-0.15, -0.1) is 12.4 Å².